The van der Waals surface area contributed by atoms with Crippen molar-refractivity contribution in [2.45, 2.75) is 19.0 Å². The second-order valence-electron chi connectivity index (χ2n) is 5.14. The summed E-state index contributed by atoms with van der Waals surface area (Å²) in [5.41, 5.74) is 0. The lowest BCUT2D eigenvalue weighted by Crippen LogP contribution is -2.55. The molecule has 2 rings (SSSR count). The Morgan fingerprint density at radius 3 is 1.60 bits per heavy atom. The van der Waals surface area contributed by atoms with Crippen LogP contribution in [0.4, 0.5) is 8.78 Å². The average molecular weight is 311 g/mol. The van der Waals surface area contributed by atoms with E-state index in [4.69, 9.17) is 11.6 Å². The summed E-state index contributed by atoms with van der Waals surface area (Å²) in [5, 5.41) is 2.30. The van der Waals surface area contributed by atoms with Crippen LogP contribution in [0.15, 0.2) is 48.5 Å². The first-order valence-electron chi connectivity index (χ1n) is 6.64. The Labute approximate surface area is 124 Å². The molecule has 0 fully saturated rings. The molecule has 4 heteroatoms. The van der Waals surface area contributed by atoms with Crippen LogP contribution in [0.25, 0.3) is 0 Å². The van der Waals surface area contributed by atoms with E-state index in [1.54, 1.807) is 0 Å². The second-order valence-corrected chi connectivity index (χ2v) is 9.84. The van der Waals surface area contributed by atoms with Gasteiger partial charge in [-0.25, -0.2) is 8.78 Å². The monoisotopic (exact) mass is 310 g/mol. The van der Waals surface area contributed by atoms with Crippen molar-refractivity contribution in [2.75, 3.05) is 5.88 Å². The van der Waals surface area contributed by atoms with E-state index in [1.807, 2.05) is 24.3 Å². The van der Waals surface area contributed by atoms with E-state index in [2.05, 4.69) is 6.55 Å². The van der Waals surface area contributed by atoms with Crippen LogP contribution < -0.4 is 10.4 Å². The van der Waals surface area contributed by atoms with Gasteiger partial charge < -0.3 is 0 Å². The predicted octanol–water partition coefficient (Wildman–Crippen LogP) is 3.79. The van der Waals surface area contributed by atoms with E-state index in [0.29, 0.717) is 5.88 Å². The van der Waals surface area contributed by atoms with Gasteiger partial charge in [0.25, 0.3) is 0 Å². The summed E-state index contributed by atoms with van der Waals surface area (Å²) in [6, 6.07) is 14.3. The zero-order valence-corrected chi connectivity index (χ0v) is 13.1. The molecule has 0 aromatic heterocycles. The minimum atomic E-state index is -1.99. The Balaban J connectivity index is 2.43. The lowest BCUT2D eigenvalue weighted by molar-refractivity contribution is 0.628. The van der Waals surface area contributed by atoms with Gasteiger partial charge in [-0.2, -0.15) is 0 Å². The van der Waals surface area contributed by atoms with Crippen molar-refractivity contribution >= 4 is 30.0 Å². The molecular formula is C16H17ClF2Si. The van der Waals surface area contributed by atoms with Crippen molar-refractivity contribution < 1.29 is 8.78 Å². The van der Waals surface area contributed by atoms with Crippen LogP contribution in [0.5, 0.6) is 0 Å². The summed E-state index contributed by atoms with van der Waals surface area (Å²) in [7, 11) is -1.99. The zero-order valence-electron chi connectivity index (χ0n) is 11.4. The van der Waals surface area contributed by atoms with Gasteiger partial charge in [-0.1, -0.05) is 41.2 Å². The Morgan fingerprint density at radius 2 is 1.25 bits per heavy atom. The number of hydrogen-bond donors (Lipinski definition) is 0. The molecule has 0 bridgehead atoms. The molecule has 0 saturated heterocycles. The summed E-state index contributed by atoms with van der Waals surface area (Å²) in [5.74, 6) is 0.133. The largest absolute Gasteiger partial charge is 0.207 e. The molecule has 0 radical (unpaired) electrons. The summed E-state index contributed by atoms with van der Waals surface area (Å²) in [6.45, 7) is 2.22. The molecule has 0 unspecified atom stereocenters. The van der Waals surface area contributed by atoms with Crippen LogP contribution in [0.3, 0.4) is 0 Å². The van der Waals surface area contributed by atoms with Crippen molar-refractivity contribution in [3.8, 4) is 0 Å². The number of hydrogen-bond acceptors (Lipinski definition) is 0. The fourth-order valence-electron chi connectivity index (χ4n) is 2.51. The van der Waals surface area contributed by atoms with Crippen LogP contribution in [0.1, 0.15) is 6.42 Å². The van der Waals surface area contributed by atoms with E-state index >= 15 is 0 Å². The molecule has 0 aliphatic rings. The van der Waals surface area contributed by atoms with Gasteiger partial charge in [0.2, 0.25) is 0 Å². The molecular weight excluding hydrogens is 294 g/mol. The first-order valence-corrected chi connectivity index (χ1v) is 9.88. The summed E-state index contributed by atoms with van der Waals surface area (Å²) in [6.07, 6.45) is 0.902. The van der Waals surface area contributed by atoms with Gasteiger partial charge in [0.05, 0.1) is 0 Å². The van der Waals surface area contributed by atoms with Crippen LogP contribution in [-0.2, 0) is 0 Å². The van der Waals surface area contributed by atoms with Gasteiger partial charge >= 0.3 is 0 Å². The summed E-state index contributed by atoms with van der Waals surface area (Å²) in [4.78, 5) is 0. The molecule has 0 spiro atoms. The first kappa shape index (κ1) is 15.2. The molecule has 2 aromatic rings. The van der Waals surface area contributed by atoms with Crippen molar-refractivity contribution in [1.29, 1.82) is 0 Å². The molecule has 0 saturated carbocycles. The second kappa shape index (κ2) is 6.51. The maximum absolute atomic E-state index is 13.1. The van der Waals surface area contributed by atoms with E-state index in [1.165, 1.54) is 24.3 Å². The Kier molecular flexibility index (Phi) is 4.94. The predicted molar refractivity (Wildman–Crippen MR) is 83.8 cm³/mol. The molecule has 0 atom stereocenters. The van der Waals surface area contributed by atoms with Gasteiger partial charge in [-0.15, -0.1) is 11.6 Å². The van der Waals surface area contributed by atoms with Crippen LogP contribution in [0, 0.1) is 11.6 Å². The van der Waals surface area contributed by atoms with Crippen molar-refractivity contribution in [1.82, 2.24) is 0 Å². The van der Waals surface area contributed by atoms with E-state index in [0.717, 1.165) is 22.8 Å². The highest BCUT2D eigenvalue weighted by Crippen LogP contribution is 2.15. The van der Waals surface area contributed by atoms with Gasteiger partial charge in [-0.05, 0) is 36.7 Å². The number of rotatable bonds is 5. The van der Waals surface area contributed by atoms with Crippen LogP contribution >= 0.6 is 11.6 Å². The smallest absolute Gasteiger partial charge is 0.123 e. The highest BCUT2D eigenvalue weighted by molar-refractivity contribution is 7.01. The average Bonchev–Trinajstić information content (AvgIpc) is 2.46. The number of alkyl halides is 1. The third-order valence-electron chi connectivity index (χ3n) is 3.77. The Bertz CT molecular complexity index is 506. The lowest BCUT2D eigenvalue weighted by Gasteiger charge is -2.28. The van der Waals surface area contributed by atoms with Crippen LogP contribution in [0.2, 0.25) is 12.6 Å². The SMILES string of the molecule is C[Si](CCCCl)(c1ccc(F)cc1)c1ccc(F)cc1. The summed E-state index contributed by atoms with van der Waals surface area (Å²) < 4.78 is 26.3. The minimum Gasteiger partial charge on any atom is -0.207 e. The van der Waals surface area contributed by atoms with Gasteiger partial charge in [0.15, 0.2) is 0 Å². The quantitative estimate of drug-likeness (QED) is 0.582. The molecule has 106 valence electrons. The lowest BCUT2D eigenvalue weighted by atomic mass is 10.3. The van der Waals surface area contributed by atoms with Gasteiger partial charge in [0, 0.05) is 5.88 Å². The topological polar surface area (TPSA) is 0 Å². The van der Waals surface area contributed by atoms with E-state index in [-0.39, 0.29) is 11.6 Å². The Hall–Kier alpha value is -1.19. The van der Waals surface area contributed by atoms with Crippen molar-refractivity contribution in [2.24, 2.45) is 0 Å². The van der Waals surface area contributed by atoms with E-state index < -0.39 is 8.07 Å². The zero-order chi connectivity index (χ0) is 14.6. The molecule has 0 N–H and O–H groups in total. The highest BCUT2D eigenvalue weighted by atomic mass is 35.5. The molecule has 0 aliphatic heterocycles. The molecule has 0 aliphatic carbocycles. The highest BCUT2D eigenvalue weighted by Gasteiger charge is 2.31. The standard InChI is InChI=1S/C16H17ClF2Si/c1-20(12-2-11-17,15-7-3-13(18)4-8-15)16-9-5-14(19)6-10-16/h3-10H,2,11-12H2,1H3. The van der Waals surface area contributed by atoms with E-state index in [9.17, 15) is 8.78 Å². The van der Waals surface area contributed by atoms with Crippen LogP contribution in [-0.4, -0.2) is 14.0 Å². The van der Waals surface area contributed by atoms with Crippen molar-refractivity contribution in [3.05, 3.63) is 60.2 Å². The van der Waals surface area contributed by atoms with Crippen molar-refractivity contribution in [3.63, 3.8) is 0 Å². The van der Waals surface area contributed by atoms with Gasteiger partial charge in [-0.3, -0.25) is 0 Å². The minimum absolute atomic E-state index is 0.235. The fraction of sp³-hybridized carbons (Fsp3) is 0.250. The maximum Gasteiger partial charge on any atom is 0.123 e. The van der Waals surface area contributed by atoms with Gasteiger partial charge in [0.1, 0.15) is 19.7 Å². The number of halogens is 3. The third kappa shape index (κ3) is 3.28. The molecule has 0 heterocycles. The Morgan fingerprint density at radius 1 is 0.850 bits per heavy atom. The third-order valence-corrected chi connectivity index (χ3v) is 8.61. The molecule has 20 heavy (non-hydrogen) atoms. The first-order chi connectivity index (χ1) is 9.56. The summed E-state index contributed by atoms with van der Waals surface area (Å²) >= 11 is 5.84. The fourth-order valence-corrected chi connectivity index (χ4v) is 6.47. The molecule has 0 amide bonds. The maximum atomic E-state index is 13.1. The molecule has 0 nitrogen and oxygen atoms in total. The molecule has 2 aromatic carbocycles. The number of benzene rings is 2. The normalized spacial score (nSPS) is 11.6.